The van der Waals surface area contributed by atoms with Crippen molar-refractivity contribution in [2.45, 2.75) is 6.42 Å². The molecule has 144 valence electrons. The van der Waals surface area contributed by atoms with Crippen molar-refractivity contribution in [3.63, 3.8) is 0 Å². The number of ether oxygens (including phenoxy) is 3. The summed E-state index contributed by atoms with van der Waals surface area (Å²) in [4.78, 5) is 16.9. The number of benzene rings is 2. The molecule has 0 unspecified atom stereocenters. The second kappa shape index (κ2) is 8.31. The summed E-state index contributed by atoms with van der Waals surface area (Å²) in [6, 6.07) is 12.9. The number of nitrogens with one attached hydrogen (secondary N) is 1. The van der Waals surface area contributed by atoms with Crippen LogP contribution in [0, 0.1) is 0 Å². The summed E-state index contributed by atoms with van der Waals surface area (Å²) in [6.07, 6.45) is 0.872. The predicted octanol–water partition coefficient (Wildman–Crippen LogP) is 4.27. The molecule has 3 aromatic rings. The average Bonchev–Trinajstić information content (AvgIpc) is 3.09. The van der Waals surface area contributed by atoms with Crippen molar-refractivity contribution in [3.05, 3.63) is 53.4 Å². The predicted molar refractivity (Wildman–Crippen MR) is 109 cm³/mol. The first-order valence-corrected chi connectivity index (χ1v) is 9.87. The minimum absolute atomic E-state index is 0.00465. The number of aromatic nitrogens is 1. The topological polar surface area (TPSA) is 69.7 Å². The van der Waals surface area contributed by atoms with E-state index in [0.717, 1.165) is 34.9 Å². The van der Waals surface area contributed by atoms with Gasteiger partial charge in [-0.2, -0.15) is 0 Å². The number of ketones is 1. The van der Waals surface area contributed by atoms with Crippen LogP contribution < -0.4 is 19.5 Å². The summed E-state index contributed by atoms with van der Waals surface area (Å²) in [7, 11) is 1.60. The Kier molecular flexibility index (Phi) is 5.43. The molecule has 28 heavy (non-hydrogen) atoms. The Morgan fingerprint density at radius 2 is 1.93 bits per heavy atom. The molecule has 0 fully saturated rings. The highest BCUT2D eigenvalue weighted by molar-refractivity contribution is 7.14. The molecule has 1 aromatic heterocycles. The summed E-state index contributed by atoms with van der Waals surface area (Å²) in [5, 5.41) is 5.76. The molecular weight excluding hydrogens is 376 g/mol. The van der Waals surface area contributed by atoms with E-state index >= 15 is 0 Å². The third-order valence-electron chi connectivity index (χ3n) is 4.36. The van der Waals surface area contributed by atoms with Crippen LogP contribution >= 0.6 is 11.3 Å². The van der Waals surface area contributed by atoms with E-state index in [0.29, 0.717) is 23.9 Å². The summed E-state index contributed by atoms with van der Waals surface area (Å²) < 4.78 is 16.5. The molecule has 1 aliphatic heterocycles. The lowest BCUT2D eigenvalue weighted by molar-refractivity contribution is 0.101. The van der Waals surface area contributed by atoms with Crippen LogP contribution in [-0.4, -0.2) is 37.6 Å². The first kappa shape index (κ1) is 18.3. The van der Waals surface area contributed by atoms with Crippen LogP contribution in [0.15, 0.2) is 47.8 Å². The van der Waals surface area contributed by atoms with E-state index < -0.39 is 0 Å². The molecule has 0 saturated carbocycles. The van der Waals surface area contributed by atoms with Gasteiger partial charge in [0.1, 0.15) is 5.75 Å². The van der Waals surface area contributed by atoms with Crippen molar-refractivity contribution in [1.82, 2.24) is 4.98 Å². The number of carbonyl (C=O) groups excluding carboxylic acids is 1. The zero-order chi connectivity index (χ0) is 19.3. The Hall–Kier alpha value is -3.06. The van der Waals surface area contributed by atoms with E-state index in [2.05, 4.69) is 10.3 Å². The maximum atomic E-state index is 12.3. The molecule has 2 heterocycles. The van der Waals surface area contributed by atoms with E-state index in [1.807, 2.05) is 23.6 Å². The molecule has 1 N–H and O–H groups in total. The molecule has 0 bridgehead atoms. The second-order valence-corrected chi connectivity index (χ2v) is 7.11. The van der Waals surface area contributed by atoms with Gasteiger partial charge in [0.2, 0.25) is 0 Å². The number of hydrogen-bond acceptors (Lipinski definition) is 7. The van der Waals surface area contributed by atoms with Gasteiger partial charge in [0, 0.05) is 22.9 Å². The lowest BCUT2D eigenvalue weighted by atomic mass is 10.1. The van der Waals surface area contributed by atoms with E-state index in [1.54, 1.807) is 31.4 Å². The highest BCUT2D eigenvalue weighted by atomic mass is 32.1. The number of anilines is 1. The number of hydrogen-bond donors (Lipinski definition) is 1. The molecule has 2 aromatic carbocycles. The van der Waals surface area contributed by atoms with Gasteiger partial charge in [0.25, 0.3) is 0 Å². The van der Waals surface area contributed by atoms with Gasteiger partial charge < -0.3 is 19.5 Å². The normalized spacial score (nSPS) is 12.9. The molecule has 0 amide bonds. The molecule has 4 rings (SSSR count). The first-order chi connectivity index (χ1) is 13.7. The number of nitrogens with zero attached hydrogens (tertiary/aromatic N) is 1. The standard InChI is InChI=1S/C21H20N2O4S/c1-25-16-6-3-14(4-7-16)18(24)12-22-21-23-17(13-28-21)15-5-8-19-20(11-15)27-10-2-9-26-19/h3-8,11,13H,2,9-10,12H2,1H3,(H,22,23). The molecular formula is C21H20N2O4S. The van der Waals surface area contributed by atoms with Crippen molar-refractivity contribution in [2.75, 3.05) is 32.2 Å². The van der Waals surface area contributed by atoms with Crippen molar-refractivity contribution in [2.24, 2.45) is 0 Å². The second-order valence-electron chi connectivity index (χ2n) is 6.26. The van der Waals surface area contributed by atoms with E-state index in [1.165, 1.54) is 11.3 Å². The SMILES string of the molecule is COc1ccc(C(=O)CNc2nc(-c3ccc4c(c3)OCCCO4)cs2)cc1. The molecule has 0 atom stereocenters. The molecule has 0 aliphatic carbocycles. The largest absolute Gasteiger partial charge is 0.497 e. The fourth-order valence-electron chi connectivity index (χ4n) is 2.84. The molecule has 0 saturated heterocycles. The average molecular weight is 396 g/mol. The first-order valence-electron chi connectivity index (χ1n) is 8.99. The lowest BCUT2D eigenvalue weighted by Gasteiger charge is -2.08. The van der Waals surface area contributed by atoms with Crippen molar-refractivity contribution >= 4 is 22.3 Å². The number of thiazole rings is 1. The monoisotopic (exact) mass is 396 g/mol. The number of methoxy groups -OCH3 is 1. The van der Waals surface area contributed by atoms with Crippen molar-refractivity contribution in [1.29, 1.82) is 0 Å². The van der Waals surface area contributed by atoms with Gasteiger partial charge in [-0.1, -0.05) is 0 Å². The Morgan fingerprint density at radius 3 is 2.71 bits per heavy atom. The van der Waals surface area contributed by atoms with Gasteiger partial charge in [-0.25, -0.2) is 4.98 Å². The fourth-order valence-corrected chi connectivity index (χ4v) is 3.56. The van der Waals surface area contributed by atoms with Crippen LogP contribution in [0.5, 0.6) is 17.2 Å². The van der Waals surface area contributed by atoms with E-state index in [-0.39, 0.29) is 12.3 Å². The van der Waals surface area contributed by atoms with Gasteiger partial charge in [-0.15, -0.1) is 11.3 Å². The van der Waals surface area contributed by atoms with E-state index in [9.17, 15) is 4.79 Å². The summed E-state index contributed by atoms with van der Waals surface area (Å²) in [5.41, 5.74) is 2.42. The number of carbonyl (C=O) groups is 1. The summed E-state index contributed by atoms with van der Waals surface area (Å²) in [5.74, 6) is 2.23. The van der Waals surface area contributed by atoms with Crippen molar-refractivity contribution < 1.29 is 19.0 Å². The smallest absolute Gasteiger partial charge is 0.183 e. The maximum Gasteiger partial charge on any atom is 0.183 e. The van der Waals surface area contributed by atoms with Gasteiger partial charge >= 0.3 is 0 Å². The number of Topliss-reactive ketones (excluding diaryl/α,β-unsaturated/α-hetero) is 1. The van der Waals surface area contributed by atoms with Gasteiger partial charge in [-0.05, 0) is 42.5 Å². The molecule has 0 spiro atoms. The number of fused-ring (bicyclic) bond motifs is 1. The third-order valence-corrected chi connectivity index (χ3v) is 5.16. The Labute approximate surface area is 167 Å². The summed E-state index contributed by atoms with van der Waals surface area (Å²) in [6.45, 7) is 1.49. The minimum Gasteiger partial charge on any atom is -0.497 e. The highest BCUT2D eigenvalue weighted by Gasteiger charge is 2.13. The molecule has 1 aliphatic rings. The van der Waals surface area contributed by atoms with Gasteiger partial charge in [0.15, 0.2) is 22.4 Å². The van der Waals surface area contributed by atoms with Crippen LogP contribution in [0.3, 0.4) is 0 Å². The van der Waals surface area contributed by atoms with Gasteiger partial charge in [-0.3, -0.25) is 4.79 Å². The Bertz CT molecular complexity index is 969. The Morgan fingerprint density at radius 1 is 1.14 bits per heavy atom. The van der Waals surface area contributed by atoms with E-state index in [4.69, 9.17) is 14.2 Å². The van der Waals surface area contributed by atoms with Crippen LogP contribution in [0.4, 0.5) is 5.13 Å². The van der Waals surface area contributed by atoms with Gasteiger partial charge in [0.05, 0.1) is 32.6 Å². The quantitative estimate of drug-likeness (QED) is 0.628. The zero-order valence-electron chi connectivity index (χ0n) is 15.4. The van der Waals surface area contributed by atoms with Crippen LogP contribution in [0.2, 0.25) is 0 Å². The Balaban J connectivity index is 1.41. The zero-order valence-corrected chi connectivity index (χ0v) is 16.3. The highest BCUT2D eigenvalue weighted by Crippen LogP contribution is 2.35. The van der Waals surface area contributed by atoms with Crippen LogP contribution in [0.1, 0.15) is 16.8 Å². The maximum absolute atomic E-state index is 12.3. The molecule has 7 heteroatoms. The minimum atomic E-state index is -0.00465. The van der Waals surface area contributed by atoms with Crippen LogP contribution in [0.25, 0.3) is 11.3 Å². The molecule has 0 radical (unpaired) electrons. The summed E-state index contributed by atoms with van der Waals surface area (Å²) >= 11 is 1.46. The lowest BCUT2D eigenvalue weighted by Crippen LogP contribution is -2.13. The third kappa shape index (κ3) is 4.09. The number of rotatable bonds is 6. The van der Waals surface area contributed by atoms with Crippen molar-refractivity contribution in [3.8, 4) is 28.5 Å². The fraction of sp³-hybridized carbons (Fsp3) is 0.238. The van der Waals surface area contributed by atoms with Crippen LogP contribution in [-0.2, 0) is 0 Å². The molecule has 6 nitrogen and oxygen atoms in total.